The van der Waals surface area contributed by atoms with Gasteiger partial charge in [-0.25, -0.2) is 0 Å². The average Bonchev–Trinajstić information content (AvgIpc) is 2.82. The molecule has 1 saturated heterocycles. The van der Waals surface area contributed by atoms with Gasteiger partial charge >= 0.3 is 0 Å². The fraction of sp³-hybridized carbons (Fsp3) is 0.333. The predicted molar refractivity (Wildman–Crippen MR) is 86.8 cm³/mol. The summed E-state index contributed by atoms with van der Waals surface area (Å²) >= 11 is 0. The van der Waals surface area contributed by atoms with E-state index in [1.54, 1.807) is 0 Å². The van der Waals surface area contributed by atoms with E-state index in [-0.39, 0.29) is 5.91 Å². The van der Waals surface area contributed by atoms with Crippen molar-refractivity contribution in [2.24, 2.45) is 0 Å². The largest absolute Gasteiger partial charge is 0.309 e. The van der Waals surface area contributed by atoms with Crippen molar-refractivity contribution in [1.29, 1.82) is 0 Å². The summed E-state index contributed by atoms with van der Waals surface area (Å²) in [5, 5.41) is 0. The number of benzene rings is 1. The summed E-state index contributed by atoms with van der Waals surface area (Å²) in [6, 6.07) is 12.3. The lowest BCUT2D eigenvalue weighted by atomic mass is 10.1. The van der Waals surface area contributed by atoms with Gasteiger partial charge in [0.15, 0.2) is 0 Å². The summed E-state index contributed by atoms with van der Waals surface area (Å²) in [7, 11) is 0. The Balaban J connectivity index is 1.60. The van der Waals surface area contributed by atoms with Crippen LogP contribution in [0.4, 0.5) is 5.69 Å². The van der Waals surface area contributed by atoms with Crippen molar-refractivity contribution in [2.75, 3.05) is 31.1 Å². The SMILES string of the molecule is O=C1Cc2ncc(-c3ccccc3)cc2N1CCN1CCC1. The smallest absolute Gasteiger partial charge is 0.233 e. The molecule has 3 heterocycles. The van der Waals surface area contributed by atoms with Gasteiger partial charge in [0.2, 0.25) is 5.91 Å². The van der Waals surface area contributed by atoms with E-state index in [1.807, 2.05) is 29.3 Å². The third-order valence-corrected chi connectivity index (χ3v) is 4.55. The molecule has 0 atom stereocenters. The van der Waals surface area contributed by atoms with Gasteiger partial charge in [-0.05, 0) is 31.1 Å². The lowest BCUT2D eigenvalue weighted by Crippen LogP contribution is -2.43. The number of fused-ring (bicyclic) bond motifs is 1. The van der Waals surface area contributed by atoms with Crippen LogP contribution in [0, 0.1) is 0 Å². The van der Waals surface area contributed by atoms with Gasteiger partial charge in [-0.3, -0.25) is 9.78 Å². The van der Waals surface area contributed by atoms with Crippen molar-refractivity contribution >= 4 is 11.6 Å². The Kier molecular flexibility index (Phi) is 3.39. The van der Waals surface area contributed by atoms with Crippen molar-refractivity contribution in [3.05, 3.63) is 48.3 Å². The Morgan fingerprint density at radius 2 is 1.86 bits per heavy atom. The zero-order valence-electron chi connectivity index (χ0n) is 12.5. The van der Waals surface area contributed by atoms with Crippen LogP contribution in [0.2, 0.25) is 0 Å². The van der Waals surface area contributed by atoms with Crippen molar-refractivity contribution in [3.8, 4) is 11.1 Å². The van der Waals surface area contributed by atoms with Gasteiger partial charge in [-0.15, -0.1) is 0 Å². The van der Waals surface area contributed by atoms with Crippen LogP contribution in [0.5, 0.6) is 0 Å². The van der Waals surface area contributed by atoms with Gasteiger partial charge in [0.25, 0.3) is 0 Å². The minimum atomic E-state index is 0.174. The van der Waals surface area contributed by atoms with Gasteiger partial charge in [0, 0.05) is 24.8 Å². The monoisotopic (exact) mass is 293 g/mol. The first-order chi connectivity index (χ1) is 10.8. The summed E-state index contributed by atoms with van der Waals surface area (Å²) < 4.78 is 0. The number of rotatable bonds is 4. The minimum absolute atomic E-state index is 0.174. The summed E-state index contributed by atoms with van der Waals surface area (Å²) in [5.41, 5.74) is 4.11. The molecule has 0 unspecified atom stereocenters. The first-order valence-corrected chi connectivity index (χ1v) is 7.88. The third-order valence-electron chi connectivity index (χ3n) is 4.55. The number of aromatic nitrogens is 1. The van der Waals surface area contributed by atoms with Crippen LogP contribution in [0.3, 0.4) is 0 Å². The summed E-state index contributed by atoms with van der Waals surface area (Å²) in [6.45, 7) is 4.06. The highest BCUT2D eigenvalue weighted by molar-refractivity contribution is 6.01. The molecule has 0 radical (unpaired) electrons. The number of hydrogen-bond donors (Lipinski definition) is 0. The minimum Gasteiger partial charge on any atom is -0.309 e. The molecule has 0 spiro atoms. The van der Waals surface area contributed by atoms with Gasteiger partial charge < -0.3 is 9.80 Å². The summed E-state index contributed by atoms with van der Waals surface area (Å²) in [4.78, 5) is 21.1. The van der Waals surface area contributed by atoms with Crippen LogP contribution < -0.4 is 4.90 Å². The molecule has 2 aromatic rings. The zero-order chi connectivity index (χ0) is 14.9. The fourth-order valence-corrected chi connectivity index (χ4v) is 3.10. The fourth-order valence-electron chi connectivity index (χ4n) is 3.10. The van der Waals surface area contributed by atoms with E-state index in [4.69, 9.17) is 0 Å². The lowest BCUT2D eigenvalue weighted by Gasteiger charge is -2.32. The highest BCUT2D eigenvalue weighted by atomic mass is 16.2. The highest BCUT2D eigenvalue weighted by Gasteiger charge is 2.29. The maximum absolute atomic E-state index is 12.3. The molecule has 0 aliphatic carbocycles. The van der Waals surface area contributed by atoms with E-state index in [1.165, 1.54) is 6.42 Å². The molecular weight excluding hydrogens is 274 g/mol. The van der Waals surface area contributed by atoms with Gasteiger partial charge in [-0.1, -0.05) is 30.3 Å². The zero-order valence-corrected chi connectivity index (χ0v) is 12.5. The number of carbonyl (C=O) groups is 1. The van der Waals surface area contributed by atoms with Gasteiger partial charge in [0.1, 0.15) is 0 Å². The number of hydrogen-bond acceptors (Lipinski definition) is 3. The van der Waals surface area contributed by atoms with Crippen LogP contribution in [-0.2, 0) is 11.2 Å². The van der Waals surface area contributed by atoms with Crippen molar-refractivity contribution in [1.82, 2.24) is 9.88 Å². The summed E-state index contributed by atoms with van der Waals surface area (Å²) in [6.07, 6.45) is 3.59. The number of carbonyl (C=O) groups excluding carboxylic acids is 1. The molecule has 22 heavy (non-hydrogen) atoms. The van der Waals surface area contributed by atoms with Crippen LogP contribution >= 0.6 is 0 Å². The Morgan fingerprint density at radius 1 is 1.05 bits per heavy atom. The van der Waals surface area contributed by atoms with E-state index >= 15 is 0 Å². The second kappa shape index (κ2) is 5.54. The quantitative estimate of drug-likeness (QED) is 0.868. The normalized spacial score (nSPS) is 17.5. The summed E-state index contributed by atoms with van der Waals surface area (Å²) in [5.74, 6) is 0.174. The highest BCUT2D eigenvalue weighted by Crippen LogP contribution is 2.31. The van der Waals surface area contributed by atoms with Crippen molar-refractivity contribution < 1.29 is 4.79 Å². The first-order valence-electron chi connectivity index (χ1n) is 7.88. The van der Waals surface area contributed by atoms with Gasteiger partial charge in [-0.2, -0.15) is 0 Å². The molecule has 112 valence electrons. The molecule has 4 rings (SSSR count). The van der Waals surface area contributed by atoms with E-state index in [0.29, 0.717) is 6.42 Å². The Labute approximate surface area is 130 Å². The number of anilines is 1. The molecule has 1 fully saturated rings. The van der Waals surface area contributed by atoms with Crippen LogP contribution in [0.15, 0.2) is 42.6 Å². The first kappa shape index (κ1) is 13.5. The molecule has 0 bridgehead atoms. The molecule has 2 aliphatic heterocycles. The molecule has 1 aromatic heterocycles. The van der Waals surface area contributed by atoms with Crippen LogP contribution in [0.25, 0.3) is 11.1 Å². The lowest BCUT2D eigenvalue weighted by molar-refractivity contribution is -0.117. The molecule has 2 aliphatic rings. The van der Waals surface area contributed by atoms with Crippen molar-refractivity contribution in [2.45, 2.75) is 12.8 Å². The Morgan fingerprint density at radius 3 is 2.59 bits per heavy atom. The second-order valence-electron chi connectivity index (χ2n) is 5.97. The standard InChI is InChI=1S/C18H19N3O/c22-18-12-16-17(21(18)10-9-20-7-4-8-20)11-15(13-19-16)14-5-2-1-3-6-14/h1-3,5-6,11,13H,4,7-10,12H2. The molecule has 4 heteroatoms. The Bertz CT molecular complexity index is 695. The van der Waals surface area contributed by atoms with E-state index in [9.17, 15) is 4.79 Å². The van der Waals surface area contributed by atoms with Crippen LogP contribution in [0.1, 0.15) is 12.1 Å². The van der Waals surface area contributed by atoms with E-state index in [0.717, 1.165) is 48.7 Å². The molecule has 1 amide bonds. The van der Waals surface area contributed by atoms with E-state index < -0.39 is 0 Å². The topological polar surface area (TPSA) is 36.4 Å². The number of nitrogens with zero attached hydrogens (tertiary/aromatic N) is 3. The molecule has 0 saturated carbocycles. The molecule has 0 N–H and O–H groups in total. The van der Waals surface area contributed by atoms with Crippen molar-refractivity contribution in [3.63, 3.8) is 0 Å². The third kappa shape index (κ3) is 2.40. The maximum atomic E-state index is 12.3. The maximum Gasteiger partial charge on any atom is 0.233 e. The van der Waals surface area contributed by atoms with Crippen LogP contribution in [-0.4, -0.2) is 42.0 Å². The predicted octanol–water partition coefficient (Wildman–Crippen LogP) is 2.34. The molecule has 4 nitrogen and oxygen atoms in total. The average molecular weight is 293 g/mol. The molecule has 1 aromatic carbocycles. The second-order valence-corrected chi connectivity index (χ2v) is 5.97. The number of pyridine rings is 1. The van der Waals surface area contributed by atoms with E-state index in [2.05, 4.69) is 28.1 Å². The number of amides is 1. The Hall–Kier alpha value is -2.20. The van der Waals surface area contributed by atoms with Gasteiger partial charge in [0.05, 0.1) is 17.8 Å². The molecular formula is C18H19N3O. The number of likely N-dealkylation sites (tertiary alicyclic amines) is 1.